The summed E-state index contributed by atoms with van der Waals surface area (Å²) in [6.07, 6.45) is 1.48. The first-order chi connectivity index (χ1) is 13.0. The number of fused-ring (bicyclic) bond motifs is 1. The molecule has 1 aromatic heterocycles. The molecule has 7 heteroatoms. The summed E-state index contributed by atoms with van der Waals surface area (Å²) in [5, 5.41) is 14.0. The first-order valence-electron chi connectivity index (χ1n) is 8.44. The van der Waals surface area contributed by atoms with E-state index in [2.05, 4.69) is 20.9 Å². The fourth-order valence-electron chi connectivity index (χ4n) is 3.08. The quantitative estimate of drug-likeness (QED) is 0.335. The molecule has 1 heterocycles. The molecule has 3 rings (SSSR count). The number of benzene rings is 2. The Labute approximate surface area is 166 Å². The van der Waals surface area contributed by atoms with Crippen molar-refractivity contribution in [2.45, 2.75) is 13.8 Å². The number of rotatable bonds is 6. The van der Waals surface area contributed by atoms with E-state index in [1.807, 2.05) is 26.0 Å². The van der Waals surface area contributed by atoms with Crippen LogP contribution in [0.25, 0.3) is 22.3 Å². The number of alkyl halides is 1. The van der Waals surface area contributed by atoms with E-state index in [0.717, 1.165) is 32.5 Å². The van der Waals surface area contributed by atoms with Crippen LogP contribution < -0.4 is 18.9 Å². The summed E-state index contributed by atoms with van der Waals surface area (Å²) in [4.78, 5) is 4.58. The largest absolute Gasteiger partial charge is 0.710 e. The van der Waals surface area contributed by atoms with Gasteiger partial charge in [0.05, 0.1) is 26.4 Å². The van der Waals surface area contributed by atoms with E-state index in [1.165, 1.54) is 6.20 Å². The molecule has 0 aliphatic rings. The zero-order chi connectivity index (χ0) is 19.6. The summed E-state index contributed by atoms with van der Waals surface area (Å²) < 4.78 is 17.2. The lowest BCUT2D eigenvalue weighted by Gasteiger charge is -2.14. The van der Waals surface area contributed by atoms with Crippen LogP contribution in [0.1, 0.15) is 11.1 Å². The Morgan fingerprint density at radius 2 is 1.78 bits per heavy atom. The number of aryl methyl sites for hydroxylation is 2. The van der Waals surface area contributed by atoms with Crippen LogP contribution in [-0.4, -0.2) is 31.1 Å². The first kappa shape index (κ1) is 19.2. The second kappa shape index (κ2) is 8.00. The zero-order valence-electron chi connectivity index (χ0n) is 15.7. The fourth-order valence-corrected chi connectivity index (χ4v) is 3.24. The van der Waals surface area contributed by atoms with Crippen LogP contribution in [0.2, 0.25) is 0 Å². The van der Waals surface area contributed by atoms with Gasteiger partial charge in [0.1, 0.15) is 28.8 Å². The summed E-state index contributed by atoms with van der Waals surface area (Å²) in [6.45, 7) is 4.50. The van der Waals surface area contributed by atoms with E-state index in [-0.39, 0.29) is 0 Å². The molecule has 0 fully saturated rings. The fraction of sp³-hybridized carbons (Fsp3) is 0.300. The molecule has 0 atom stereocenters. The van der Waals surface area contributed by atoms with Gasteiger partial charge in [0.25, 0.3) is 0 Å². The molecule has 0 unspecified atom stereocenters. The van der Waals surface area contributed by atoms with E-state index in [9.17, 15) is 5.21 Å². The summed E-state index contributed by atoms with van der Waals surface area (Å²) in [7, 11) is 3.13. The maximum absolute atomic E-state index is 12.7. The molecule has 2 aromatic carbocycles. The van der Waals surface area contributed by atoms with Gasteiger partial charge in [-0.25, -0.2) is 4.73 Å². The summed E-state index contributed by atoms with van der Waals surface area (Å²) in [5.41, 5.74) is 3.27. The Balaban J connectivity index is 2.15. The van der Waals surface area contributed by atoms with Crippen molar-refractivity contribution in [3.8, 4) is 28.6 Å². The second-order valence-corrected chi connectivity index (χ2v) is 6.92. The Kier molecular flexibility index (Phi) is 5.70. The molecular formula is C20H21BrN2O4. The number of hydrogen-bond acceptors (Lipinski definition) is 5. The van der Waals surface area contributed by atoms with E-state index in [1.54, 1.807) is 26.4 Å². The molecule has 0 spiro atoms. The number of hydrogen-bond donors (Lipinski definition) is 0. The molecule has 0 aliphatic heterocycles. The van der Waals surface area contributed by atoms with E-state index < -0.39 is 0 Å². The molecule has 0 radical (unpaired) electrons. The number of methoxy groups -OCH3 is 2. The molecule has 0 amide bonds. The highest BCUT2D eigenvalue weighted by molar-refractivity contribution is 9.09. The number of halogens is 1. The average molecular weight is 433 g/mol. The highest BCUT2D eigenvalue weighted by Crippen LogP contribution is 2.32. The zero-order valence-corrected chi connectivity index (χ0v) is 17.3. The second-order valence-electron chi connectivity index (χ2n) is 6.13. The van der Waals surface area contributed by atoms with Gasteiger partial charge in [0.15, 0.2) is 5.52 Å². The molecule has 0 aliphatic carbocycles. The summed E-state index contributed by atoms with van der Waals surface area (Å²) in [5.74, 6) is 2.31. The molecule has 0 saturated heterocycles. The van der Waals surface area contributed by atoms with Crippen molar-refractivity contribution in [2.75, 3.05) is 26.2 Å². The molecule has 3 aromatic rings. The number of nitrogens with zero attached hydrogens (tertiary/aromatic N) is 2. The molecule has 27 heavy (non-hydrogen) atoms. The van der Waals surface area contributed by atoms with E-state index in [0.29, 0.717) is 34.8 Å². The molecule has 142 valence electrons. The van der Waals surface area contributed by atoms with Gasteiger partial charge in [-0.05, 0) is 42.1 Å². The first-order valence-corrected chi connectivity index (χ1v) is 9.57. The predicted octanol–water partition coefficient (Wildman–Crippen LogP) is 3.94. The normalized spacial score (nSPS) is 10.9. The van der Waals surface area contributed by atoms with Crippen LogP contribution in [-0.2, 0) is 0 Å². The smallest absolute Gasteiger partial charge is 0.333 e. The lowest BCUT2D eigenvalue weighted by molar-refractivity contribution is -0.595. The molecule has 0 saturated carbocycles. The molecule has 0 bridgehead atoms. The van der Waals surface area contributed by atoms with E-state index in [4.69, 9.17) is 14.2 Å². The Hall–Kier alpha value is -2.54. The van der Waals surface area contributed by atoms with Crippen LogP contribution >= 0.6 is 15.9 Å². The van der Waals surface area contributed by atoms with E-state index >= 15 is 0 Å². The summed E-state index contributed by atoms with van der Waals surface area (Å²) in [6, 6.07) is 7.34. The molecular weight excluding hydrogens is 412 g/mol. The average Bonchev–Trinajstić information content (AvgIpc) is 2.66. The van der Waals surface area contributed by atoms with Crippen LogP contribution in [0.15, 0.2) is 30.5 Å². The topological polar surface area (TPSA) is 67.5 Å². The monoisotopic (exact) mass is 432 g/mol. The maximum atomic E-state index is 12.7. The standard InChI is InChI=1S/C20H21BrN2O4/c1-12-7-14(8-13(2)19(12)27-6-5-21)20-22-17-9-15(25-3)10-18(26-4)16(17)11-23(20)24/h7-11H,5-6H2,1-4H3. The Morgan fingerprint density at radius 3 is 2.37 bits per heavy atom. The third-order valence-electron chi connectivity index (χ3n) is 4.27. The summed E-state index contributed by atoms with van der Waals surface area (Å²) >= 11 is 3.36. The highest BCUT2D eigenvalue weighted by Gasteiger charge is 2.20. The maximum Gasteiger partial charge on any atom is 0.333 e. The molecule has 6 nitrogen and oxygen atoms in total. The third kappa shape index (κ3) is 3.78. The van der Waals surface area contributed by atoms with Crippen molar-refractivity contribution in [3.63, 3.8) is 0 Å². The van der Waals surface area contributed by atoms with Crippen LogP contribution in [0.3, 0.4) is 0 Å². The molecule has 0 N–H and O–H groups in total. The van der Waals surface area contributed by atoms with Crippen molar-refractivity contribution >= 4 is 26.8 Å². The third-order valence-corrected chi connectivity index (χ3v) is 4.60. The van der Waals surface area contributed by atoms with Crippen molar-refractivity contribution in [1.82, 2.24) is 4.98 Å². The van der Waals surface area contributed by atoms with Gasteiger partial charge in [-0.15, -0.1) is 0 Å². The van der Waals surface area contributed by atoms with Crippen LogP contribution in [0.4, 0.5) is 0 Å². The number of ether oxygens (including phenoxy) is 3. The van der Waals surface area contributed by atoms with Gasteiger partial charge in [0.2, 0.25) is 0 Å². The lowest BCUT2D eigenvalue weighted by Crippen LogP contribution is -2.30. The van der Waals surface area contributed by atoms with Gasteiger partial charge in [-0.1, -0.05) is 15.9 Å². The van der Waals surface area contributed by atoms with Gasteiger partial charge in [-0.3, -0.25) is 0 Å². The highest BCUT2D eigenvalue weighted by atomic mass is 79.9. The minimum Gasteiger partial charge on any atom is -0.710 e. The van der Waals surface area contributed by atoms with Gasteiger partial charge in [0, 0.05) is 17.5 Å². The van der Waals surface area contributed by atoms with Crippen LogP contribution in [0.5, 0.6) is 17.2 Å². The minimum atomic E-state index is 0.316. The van der Waals surface area contributed by atoms with Gasteiger partial charge in [-0.2, -0.15) is 0 Å². The lowest BCUT2D eigenvalue weighted by atomic mass is 10.0. The van der Waals surface area contributed by atoms with Crippen molar-refractivity contribution in [2.24, 2.45) is 0 Å². The van der Waals surface area contributed by atoms with Gasteiger partial charge < -0.3 is 19.4 Å². The van der Waals surface area contributed by atoms with Crippen molar-refractivity contribution in [3.05, 3.63) is 46.8 Å². The van der Waals surface area contributed by atoms with Crippen LogP contribution in [0, 0.1) is 19.1 Å². The Bertz CT molecular complexity index is 968. The van der Waals surface area contributed by atoms with Crippen molar-refractivity contribution in [1.29, 1.82) is 0 Å². The Morgan fingerprint density at radius 1 is 1.07 bits per heavy atom. The minimum absolute atomic E-state index is 0.316. The SMILES string of the molecule is COc1cc(OC)c2c[n+]([O-])c(-c3cc(C)c(OCCBr)c(C)c3)nc2c1. The van der Waals surface area contributed by atoms with Gasteiger partial charge >= 0.3 is 5.82 Å². The predicted molar refractivity (Wildman–Crippen MR) is 108 cm³/mol. The van der Waals surface area contributed by atoms with Crippen molar-refractivity contribution < 1.29 is 18.9 Å². The number of aromatic nitrogens is 2.